The zero-order valence-electron chi connectivity index (χ0n) is 27.9. The van der Waals surface area contributed by atoms with E-state index in [2.05, 4.69) is 11.8 Å². The monoisotopic (exact) mass is 687 g/mol. The molecule has 0 N–H and O–H groups in total. The molecule has 4 aliphatic rings. The normalized spacial score (nSPS) is 29.4. The quantitative estimate of drug-likeness (QED) is 0.0832. The van der Waals surface area contributed by atoms with Crippen LogP contribution in [0.25, 0.3) is 0 Å². The van der Waals surface area contributed by atoms with Crippen LogP contribution in [0, 0.1) is 0 Å². The fourth-order valence-corrected chi connectivity index (χ4v) is 12.1. The van der Waals surface area contributed by atoms with Crippen LogP contribution in [0.2, 0.25) is 18.1 Å². The first-order valence-electron chi connectivity index (χ1n) is 15.7. The number of hydrogen-bond donors (Lipinski definition) is 0. The van der Waals surface area contributed by atoms with Crippen LogP contribution in [-0.2, 0) is 58.8 Å². The Labute approximate surface area is 267 Å². The Morgan fingerprint density at radius 1 is 0.614 bits per heavy atom. The number of fused-ring (bicyclic) bond motifs is 6. The van der Waals surface area contributed by atoms with E-state index in [1.807, 2.05) is 0 Å². The van der Waals surface area contributed by atoms with Crippen molar-refractivity contribution < 1.29 is 58.8 Å². The SMILES string of the molecule is CO[Si](CCCOCC1CN2CC(C)O[Si](CCCOCC3CO3)(O1)OC(COCCC[Si](OC)(OC)OC)C2)(OC)OC. The predicted octanol–water partition coefficient (Wildman–Crippen LogP) is 1.81. The Kier molecular flexibility index (Phi) is 17.3. The number of rotatable bonds is 24. The van der Waals surface area contributed by atoms with Crippen molar-refractivity contribution in [2.24, 2.45) is 0 Å². The van der Waals surface area contributed by atoms with Crippen LogP contribution in [0.15, 0.2) is 0 Å². The molecular formula is C27H57NO13Si3. The molecule has 260 valence electrons. The molecule has 0 spiro atoms. The maximum atomic E-state index is 6.80. The van der Waals surface area contributed by atoms with Gasteiger partial charge in [0, 0.05) is 100 Å². The standard InChI is InChI=1S/C27H57NO13Si3/c1-24-17-28-18-25(20-35-11-8-14-42(29-2,30-3)31-4)40-44(39-24,16-10-13-37-22-27-23-38-27)41-26(19-28)21-36-12-9-15-43(32-5,33-6)34-7/h24-27H,8-23H2,1-7H3. The van der Waals surface area contributed by atoms with Crippen molar-refractivity contribution in [1.82, 2.24) is 4.90 Å². The van der Waals surface area contributed by atoms with Gasteiger partial charge in [0.05, 0.1) is 44.7 Å². The molecular weight excluding hydrogens is 631 g/mol. The first-order valence-corrected chi connectivity index (χ1v) is 21.5. The van der Waals surface area contributed by atoms with Gasteiger partial charge in [0.25, 0.3) is 0 Å². The van der Waals surface area contributed by atoms with Gasteiger partial charge in [0.15, 0.2) is 0 Å². The largest absolute Gasteiger partial charge is 0.502 e. The smallest absolute Gasteiger partial charge is 0.379 e. The van der Waals surface area contributed by atoms with Crippen LogP contribution in [0.3, 0.4) is 0 Å². The summed E-state index contributed by atoms with van der Waals surface area (Å²) in [5.74, 6) is 0. The van der Waals surface area contributed by atoms with E-state index < -0.39 is 26.4 Å². The summed E-state index contributed by atoms with van der Waals surface area (Å²) in [5, 5.41) is 0. The molecule has 0 aromatic heterocycles. The lowest BCUT2D eigenvalue weighted by molar-refractivity contribution is -0.114. The summed E-state index contributed by atoms with van der Waals surface area (Å²) in [6.07, 6.45) is 2.15. The number of ether oxygens (including phenoxy) is 4. The minimum Gasteiger partial charge on any atom is -0.379 e. The maximum Gasteiger partial charge on any atom is 0.502 e. The Balaban J connectivity index is 1.57. The van der Waals surface area contributed by atoms with E-state index in [0.29, 0.717) is 57.8 Å². The summed E-state index contributed by atoms with van der Waals surface area (Å²) in [5.41, 5.74) is 0. The highest BCUT2D eigenvalue weighted by molar-refractivity contribution is 6.61. The molecule has 0 aliphatic carbocycles. The zero-order valence-corrected chi connectivity index (χ0v) is 30.9. The molecule has 0 saturated carbocycles. The van der Waals surface area contributed by atoms with Crippen LogP contribution in [0.1, 0.15) is 26.2 Å². The van der Waals surface area contributed by atoms with Gasteiger partial charge in [-0.25, -0.2) is 0 Å². The number of hydrogen-bond acceptors (Lipinski definition) is 14. The summed E-state index contributed by atoms with van der Waals surface area (Å²) in [4.78, 5) is 2.33. The highest BCUT2D eigenvalue weighted by Gasteiger charge is 2.50. The molecule has 4 unspecified atom stereocenters. The first kappa shape index (κ1) is 38.5. The Morgan fingerprint density at radius 3 is 1.48 bits per heavy atom. The third-order valence-electron chi connectivity index (χ3n) is 8.01. The van der Waals surface area contributed by atoms with Crippen molar-refractivity contribution in [1.29, 1.82) is 0 Å². The second kappa shape index (κ2) is 19.8. The highest BCUT2D eigenvalue weighted by Crippen LogP contribution is 2.30. The van der Waals surface area contributed by atoms with E-state index in [-0.39, 0.29) is 24.4 Å². The van der Waals surface area contributed by atoms with Gasteiger partial charge in [0.1, 0.15) is 6.10 Å². The van der Waals surface area contributed by atoms with Crippen molar-refractivity contribution in [3.63, 3.8) is 0 Å². The van der Waals surface area contributed by atoms with Crippen molar-refractivity contribution in [2.45, 2.75) is 68.7 Å². The highest BCUT2D eigenvalue weighted by atomic mass is 28.4. The average molecular weight is 688 g/mol. The molecule has 0 amide bonds. The molecule has 17 heteroatoms. The van der Waals surface area contributed by atoms with Crippen molar-refractivity contribution in [3.8, 4) is 0 Å². The third-order valence-corrected chi connectivity index (χ3v) is 16.8. The lowest BCUT2D eigenvalue weighted by Crippen LogP contribution is -2.63. The lowest BCUT2D eigenvalue weighted by atomic mass is 10.2. The van der Waals surface area contributed by atoms with Gasteiger partial charge < -0.3 is 58.8 Å². The van der Waals surface area contributed by atoms with Gasteiger partial charge in [-0.05, 0) is 26.2 Å². The first-order chi connectivity index (χ1) is 21.3. The van der Waals surface area contributed by atoms with Gasteiger partial charge in [-0.3, -0.25) is 4.90 Å². The topological polar surface area (TPSA) is 127 Å². The molecule has 44 heavy (non-hydrogen) atoms. The Morgan fingerprint density at radius 2 is 1.05 bits per heavy atom. The lowest BCUT2D eigenvalue weighted by Gasteiger charge is -2.46. The summed E-state index contributed by atoms with van der Waals surface area (Å²) in [7, 11) is 1.38. The van der Waals surface area contributed by atoms with E-state index in [9.17, 15) is 0 Å². The third kappa shape index (κ3) is 12.6. The molecule has 4 fully saturated rings. The van der Waals surface area contributed by atoms with Crippen LogP contribution in [0.5, 0.6) is 0 Å². The molecule has 0 aromatic carbocycles. The minimum atomic E-state index is -3.11. The Hall–Kier alpha value is 0.0906. The van der Waals surface area contributed by atoms with Gasteiger partial charge in [0.2, 0.25) is 0 Å². The molecule has 4 aliphatic heterocycles. The number of epoxide rings is 1. The fraction of sp³-hybridized carbons (Fsp3) is 1.00. The van der Waals surface area contributed by atoms with Gasteiger partial charge in [-0.1, -0.05) is 0 Å². The fourth-order valence-electron chi connectivity index (χ4n) is 5.62. The zero-order chi connectivity index (χ0) is 31.9. The summed E-state index contributed by atoms with van der Waals surface area (Å²) < 4.78 is 76.7. The Bertz CT molecular complexity index is 721. The minimum absolute atomic E-state index is 0.0170. The van der Waals surface area contributed by atoms with Gasteiger partial charge >= 0.3 is 26.4 Å². The van der Waals surface area contributed by atoms with E-state index >= 15 is 0 Å². The molecule has 4 atom stereocenters. The van der Waals surface area contributed by atoms with Crippen molar-refractivity contribution in [2.75, 3.05) is 109 Å². The molecule has 0 radical (unpaired) electrons. The van der Waals surface area contributed by atoms with Crippen LogP contribution in [-0.4, -0.2) is 164 Å². The molecule has 4 saturated heterocycles. The van der Waals surface area contributed by atoms with Gasteiger partial charge in [-0.2, -0.15) is 0 Å². The van der Waals surface area contributed by atoms with Crippen molar-refractivity contribution >= 4 is 26.4 Å². The van der Waals surface area contributed by atoms with Crippen LogP contribution >= 0.6 is 0 Å². The van der Waals surface area contributed by atoms with E-state index in [0.717, 1.165) is 45.5 Å². The maximum absolute atomic E-state index is 6.80. The predicted molar refractivity (Wildman–Crippen MR) is 167 cm³/mol. The van der Waals surface area contributed by atoms with Crippen LogP contribution < -0.4 is 0 Å². The van der Waals surface area contributed by atoms with E-state index in [1.54, 1.807) is 42.7 Å². The van der Waals surface area contributed by atoms with E-state index in [4.69, 9.17) is 58.8 Å². The molecule has 2 bridgehead atoms. The molecule has 4 heterocycles. The van der Waals surface area contributed by atoms with Gasteiger partial charge in [-0.15, -0.1) is 0 Å². The second-order valence-corrected chi connectivity index (χ2v) is 20.1. The number of nitrogens with zero attached hydrogens (tertiary/aromatic N) is 1. The second-order valence-electron chi connectivity index (χ2n) is 11.4. The summed E-state index contributed by atoms with van der Waals surface area (Å²) >= 11 is 0. The molecule has 4 rings (SSSR count). The van der Waals surface area contributed by atoms with Crippen molar-refractivity contribution in [3.05, 3.63) is 0 Å². The molecule has 14 nitrogen and oxygen atoms in total. The molecule has 0 aromatic rings. The van der Waals surface area contributed by atoms with Crippen LogP contribution in [0.4, 0.5) is 0 Å². The summed E-state index contributed by atoms with van der Waals surface area (Å²) in [6, 6.07) is 2.01. The van der Waals surface area contributed by atoms with E-state index in [1.165, 1.54) is 0 Å². The summed E-state index contributed by atoms with van der Waals surface area (Å²) in [6.45, 7) is 8.31. The average Bonchev–Trinajstić information content (AvgIpc) is 3.84.